The number of hydrogen-bond donors (Lipinski definition) is 2. The number of hydrogen-bond acceptors (Lipinski definition) is 7. The van der Waals surface area contributed by atoms with Gasteiger partial charge in [-0.15, -0.1) is 0 Å². The summed E-state index contributed by atoms with van der Waals surface area (Å²) in [5.74, 6) is -0.223. The number of ether oxygens (including phenoxy) is 4. The molecule has 9 heteroatoms. The summed E-state index contributed by atoms with van der Waals surface area (Å²) >= 11 is 0. The lowest BCUT2D eigenvalue weighted by Crippen LogP contribution is -2.34. The van der Waals surface area contributed by atoms with Crippen LogP contribution < -0.4 is 14.8 Å². The molecule has 3 rings (SSSR count). The van der Waals surface area contributed by atoms with Gasteiger partial charge in [-0.25, -0.2) is 0 Å². The van der Waals surface area contributed by atoms with Crippen molar-refractivity contribution >= 4 is 17.8 Å². The van der Waals surface area contributed by atoms with Crippen LogP contribution in [0.25, 0.3) is 0 Å². The van der Waals surface area contributed by atoms with Gasteiger partial charge in [0.2, 0.25) is 5.91 Å². The molecule has 1 atom stereocenters. The minimum Gasteiger partial charge on any atom is -0.497 e. The fourth-order valence-corrected chi connectivity index (χ4v) is 5.07. The number of rotatable bonds is 19. The van der Waals surface area contributed by atoms with Gasteiger partial charge in [-0.05, 0) is 60.2 Å². The van der Waals surface area contributed by atoms with Crippen molar-refractivity contribution < 1.29 is 38.4 Å². The number of unbranched alkanes of at least 4 members (excludes halogenated alkanes) is 2. The van der Waals surface area contributed by atoms with Crippen LogP contribution in [0.4, 0.5) is 0 Å². The van der Waals surface area contributed by atoms with Crippen molar-refractivity contribution in [1.29, 1.82) is 0 Å². The molecule has 0 fully saturated rings. The normalized spacial score (nSPS) is 11.8. The largest absolute Gasteiger partial charge is 0.497 e. The lowest BCUT2D eigenvalue weighted by atomic mass is 9.80. The van der Waals surface area contributed by atoms with Gasteiger partial charge in [0.25, 0.3) is 0 Å². The standard InChI is InChI=1S/C35H43NO8/c1-26(37)36-24-9-5-8-12-32(44-34(40)22-21-33(38)39)23-25-43-35(27-10-6-4-7-11-27,28-13-17-30(41-2)18-14-28)29-15-19-31(42-3)20-16-29/h4,6-7,10-11,13-20,32H,5,8-9,12,21-25H2,1-3H3,(H,36,37)(H,38,39). The number of carboxylic acid groups (broad SMARTS) is 1. The molecule has 1 amide bonds. The van der Waals surface area contributed by atoms with Gasteiger partial charge in [0.15, 0.2) is 0 Å². The Balaban J connectivity index is 1.88. The van der Waals surface area contributed by atoms with Crippen LogP contribution in [0.1, 0.15) is 68.6 Å². The van der Waals surface area contributed by atoms with Gasteiger partial charge in [-0.1, -0.05) is 61.0 Å². The van der Waals surface area contributed by atoms with Crippen LogP contribution in [0.15, 0.2) is 78.9 Å². The first-order valence-corrected chi connectivity index (χ1v) is 14.9. The maximum atomic E-state index is 12.5. The molecule has 0 spiro atoms. The van der Waals surface area contributed by atoms with Gasteiger partial charge in [-0.2, -0.15) is 0 Å². The number of benzene rings is 3. The van der Waals surface area contributed by atoms with Crippen molar-refractivity contribution in [3.8, 4) is 11.5 Å². The maximum absolute atomic E-state index is 12.5. The predicted molar refractivity (Wildman–Crippen MR) is 167 cm³/mol. The highest BCUT2D eigenvalue weighted by molar-refractivity contribution is 5.76. The van der Waals surface area contributed by atoms with E-state index in [1.807, 2.05) is 78.9 Å². The zero-order valence-corrected chi connectivity index (χ0v) is 25.8. The second-order valence-electron chi connectivity index (χ2n) is 10.5. The van der Waals surface area contributed by atoms with Crippen molar-refractivity contribution in [2.75, 3.05) is 27.4 Å². The van der Waals surface area contributed by atoms with Crippen molar-refractivity contribution in [2.24, 2.45) is 0 Å². The van der Waals surface area contributed by atoms with Crippen LogP contribution in [-0.4, -0.2) is 56.4 Å². The smallest absolute Gasteiger partial charge is 0.306 e. The first-order valence-electron chi connectivity index (χ1n) is 14.9. The molecule has 0 saturated heterocycles. The van der Waals surface area contributed by atoms with E-state index < -0.39 is 23.6 Å². The third-order valence-corrected chi connectivity index (χ3v) is 7.35. The van der Waals surface area contributed by atoms with Gasteiger partial charge in [-0.3, -0.25) is 14.4 Å². The summed E-state index contributed by atoms with van der Waals surface area (Å²) in [7, 11) is 3.24. The molecule has 0 aliphatic heterocycles. The molecule has 0 heterocycles. The molecule has 9 nitrogen and oxygen atoms in total. The molecule has 0 aliphatic carbocycles. The van der Waals surface area contributed by atoms with E-state index in [1.165, 1.54) is 6.92 Å². The summed E-state index contributed by atoms with van der Waals surface area (Å²) in [5.41, 5.74) is 1.70. The number of carboxylic acids is 1. The summed E-state index contributed by atoms with van der Waals surface area (Å²) in [4.78, 5) is 34.7. The number of aliphatic carboxylic acids is 1. The van der Waals surface area contributed by atoms with Crippen molar-refractivity contribution in [3.63, 3.8) is 0 Å². The van der Waals surface area contributed by atoms with E-state index in [0.29, 0.717) is 19.4 Å². The van der Waals surface area contributed by atoms with E-state index in [4.69, 9.17) is 24.1 Å². The van der Waals surface area contributed by atoms with Crippen LogP contribution in [-0.2, 0) is 29.5 Å². The van der Waals surface area contributed by atoms with Gasteiger partial charge in [0.05, 0.1) is 33.7 Å². The highest BCUT2D eigenvalue weighted by Gasteiger charge is 2.38. The summed E-state index contributed by atoms with van der Waals surface area (Å²) in [6.07, 6.45) is 2.48. The van der Waals surface area contributed by atoms with E-state index >= 15 is 0 Å². The minimum absolute atomic E-state index is 0.0667. The van der Waals surface area contributed by atoms with E-state index in [-0.39, 0.29) is 25.4 Å². The molecule has 1 unspecified atom stereocenters. The molecule has 44 heavy (non-hydrogen) atoms. The summed E-state index contributed by atoms with van der Waals surface area (Å²) in [6.45, 7) is 2.32. The zero-order valence-electron chi connectivity index (χ0n) is 25.8. The monoisotopic (exact) mass is 605 g/mol. The average molecular weight is 606 g/mol. The fraction of sp³-hybridized carbons (Fsp3) is 0.400. The fourth-order valence-electron chi connectivity index (χ4n) is 5.07. The molecular weight excluding hydrogens is 562 g/mol. The molecule has 3 aromatic rings. The van der Waals surface area contributed by atoms with Crippen LogP contribution in [0.2, 0.25) is 0 Å². The van der Waals surface area contributed by atoms with Crippen molar-refractivity contribution in [1.82, 2.24) is 5.32 Å². The quantitative estimate of drug-likeness (QED) is 0.0988. The van der Waals surface area contributed by atoms with Crippen LogP contribution >= 0.6 is 0 Å². The summed E-state index contributed by atoms with van der Waals surface area (Å²) in [5, 5.41) is 11.8. The first-order chi connectivity index (χ1) is 21.3. The minimum atomic E-state index is -1.05. The Morgan fingerprint density at radius 1 is 0.750 bits per heavy atom. The Morgan fingerprint density at radius 2 is 1.32 bits per heavy atom. The molecular formula is C35H43NO8. The molecule has 0 radical (unpaired) electrons. The Hall–Kier alpha value is -4.37. The predicted octanol–water partition coefficient (Wildman–Crippen LogP) is 5.88. The van der Waals surface area contributed by atoms with Gasteiger partial charge in [0, 0.05) is 19.9 Å². The Labute approximate surface area is 259 Å². The Bertz CT molecular complexity index is 1260. The highest BCUT2D eigenvalue weighted by Crippen LogP contribution is 2.42. The molecule has 0 aromatic heterocycles. The summed E-state index contributed by atoms with van der Waals surface area (Å²) < 4.78 is 23.5. The third-order valence-electron chi connectivity index (χ3n) is 7.35. The van der Waals surface area contributed by atoms with E-state index in [0.717, 1.165) is 47.5 Å². The average Bonchev–Trinajstić information content (AvgIpc) is 3.04. The third kappa shape index (κ3) is 10.1. The molecule has 2 N–H and O–H groups in total. The van der Waals surface area contributed by atoms with E-state index in [1.54, 1.807) is 14.2 Å². The van der Waals surface area contributed by atoms with Crippen LogP contribution in [0, 0.1) is 0 Å². The Morgan fingerprint density at radius 3 is 1.84 bits per heavy atom. The van der Waals surface area contributed by atoms with Gasteiger partial charge < -0.3 is 29.4 Å². The Kier molecular flexibility index (Phi) is 13.7. The second kappa shape index (κ2) is 17.7. The molecule has 0 saturated carbocycles. The number of esters is 1. The highest BCUT2D eigenvalue weighted by atomic mass is 16.5. The van der Waals surface area contributed by atoms with E-state index in [9.17, 15) is 14.4 Å². The van der Waals surface area contributed by atoms with Crippen LogP contribution in [0.3, 0.4) is 0 Å². The number of methoxy groups -OCH3 is 2. The molecule has 236 valence electrons. The SMILES string of the molecule is COc1ccc(C(OCCC(CCCCCNC(C)=O)OC(=O)CCC(=O)O)(c2ccccc2)c2ccc(OC)cc2)cc1. The number of carbonyl (C=O) groups is 3. The topological polar surface area (TPSA) is 120 Å². The second-order valence-corrected chi connectivity index (χ2v) is 10.5. The number of amides is 1. The zero-order chi connectivity index (χ0) is 31.8. The first kappa shape index (κ1) is 34.1. The molecule has 0 aliphatic rings. The number of nitrogens with one attached hydrogen (secondary N) is 1. The molecule has 3 aromatic carbocycles. The number of carbonyl (C=O) groups excluding carboxylic acids is 2. The maximum Gasteiger partial charge on any atom is 0.306 e. The van der Waals surface area contributed by atoms with Crippen molar-refractivity contribution in [2.45, 2.75) is 63.6 Å². The lowest BCUT2D eigenvalue weighted by molar-refractivity contribution is -0.153. The van der Waals surface area contributed by atoms with Gasteiger partial charge in [0.1, 0.15) is 23.2 Å². The lowest BCUT2D eigenvalue weighted by Gasteiger charge is -2.36. The van der Waals surface area contributed by atoms with Gasteiger partial charge >= 0.3 is 11.9 Å². The van der Waals surface area contributed by atoms with Crippen molar-refractivity contribution in [3.05, 3.63) is 95.6 Å². The van der Waals surface area contributed by atoms with E-state index in [2.05, 4.69) is 5.32 Å². The van der Waals surface area contributed by atoms with Crippen LogP contribution in [0.5, 0.6) is 11.5 Å². The summed E-state index contributed by atoms with van der Waals surface area (Å²) in [6, 6.07) is 25.4. The molecule has 0 bridgehead atoms.